The lowest BCUT2D eigenvalue weighted by Gasteiger charge is -1.96. The summed E-state index contributed by atoms with van der Waals surface area (Å²) in [6.45, 7) is 0. The average molecular weight is 244 g/mol. The lowest BCUT2D eigenvalue weighted by Crippen LogP contribution is -1.85. The number of imidazole rings is 1. The van der Waals surface area contributed by atoms with Crippen molar-refractivity contribution in [1.29, 1.82) is 0 Å². The smallest absolute Gasteiger partial charge is 0.174 e. The molecule has 3 aromatic rings. The van der Waals surface area contributed by atoms with E-state index in [9.17, 15) is 0 Å². The van der Waals surface area contributed by atoms with Gasteiger partial charge in [-0.15, -0.1) is 0 Å². The summed E-state index contributed by atoms with van der Waals surface area (Å²) in [6, 6.07) is 9.98. The molecule has 0 aliphatic rings. The summed E-state index contributed by atoms with van der Waals surface area (Å²) in [5.74, 6) is 2.38. The Balaban J connectivity index is 2.07. The van der Waals surface area contributed by atoms with Gasteiger partial charge in [-0.2, -0.15) is 12.6 Å². The van der Waals surface area contributed by atoms with Crippen molar-refractivity contribution in [2.45, 2.75) is 6.42 Å². The third-order valence-electron chi connectivity index (χ3n) is 2.70. The van der Waals surface area contributed by atoms with Gasteiger partial charge in [0.15, 0.2) is 11.6 Å². The zero-order valence-corrected chi connectivity index (χ0v) is 10.1. The number of fused-ring (bicyclic) bond motifs is 1. The lowest BCUT2D eigenvalue weighted by atomic mass is 10.1. The van der Waals surface area contributed by atoms with Crippen LogP contribution in [0.1, 0.15) is 5.56 Å². The molecule has 0 saturated heterocycles. The molecule has 0 aliphatic heterocycles. The number of aryl methyl sites for hydroxylation is 1. The minimum absolute atomic E-state index is 0.761. The van der Waals surface area contributed by atoms with Gasteiger partial charge in [0.1, 0.15) is 0 Å². The summed E-state index contributed by atoms with van der Waals surface area (Å²) in [4.78, 5) is 7.75. The predicted molar refractivity (Wildman–Crippen MR) is 71.4 cm³/mol. The van der Waals surface area contributed by atoms with Crippen LogP contribution in [0, 0.1) is 0 Å². The van der Waals surface area contributed by atoms with Crippen LogP contribution in [0.15, 0.2) is 41.0 Å². The highest BCUT2D eigenvalue weighted by Crippen LogP contribution is 2.21. The second-order valence-corrected chi connectivity index (χ2v) is 4.34. The standard InChI is InChI=1S/C13H12N2OS/c17-7-5-9-3-4-10-11(8-9)15-13(14-10)12-2-1-6-16-12/h1-4,6,8,17H,5,7H2,(H,14,15). The van der Waals surface area contributed by atoms with Gasteiger partial charge in [-0.1, -0.05) is 6.07 Å². The molecule has 1 aromatic carbocycles. The molecule has 0 saturated carbocycles. The van der Waals surface area contributed by atoms with Gasteiger partial charge in [0.25, 0.3) is 0 Å². The zero-order chi connectivity index (χ0) is 11.7. The fourth-order valence-corrected chi connectivity index (χ4v) is 2.13. The molecule has 1 N–H and O–H groups in total. The Morgan fingerprint density at radius 1 is 1.29 bits per heavy atom. The number of rotatable bonds is 3. The van der Waals surface area contributed by atoms with E-state index in [0.717, 1.165) is 34.8 Å². The first-order valence-corrected chi connectivity index (χ1v) is 6.13. The van der Waals surface area contributed by atoms with E-state index in [1.165, 1.54) is 5.56 Å². The van der Waals surface area contributed by atoms with Gasteiger partial charge in [0, 0.05) is 0 Å². The molecular weight excluding hydrogens is 232 g/mol. The Kier molecular flexibility index (Phi) is 2.65. The van der Waals surface area contributed by atoms with Crippen LogP contribution in [0.5, 0.6) is 0 Å². The monoisotopic (exact) mass is 244 g/mol. The first-order chi connectivity index (χ1) is 8.36. The summed E-state index contributed by atoms with van der Waals surface area (Å²) >= 11 is 4.24. The van der Waals surface area contributed by atoms with Crippen molar-refractivity contribution in [3.8, 4) is 11.6 Å². The van der Waals surface area contributed by atoms with E-state index in [0.29, 0.717) is 0 Å². The molecule has 0 radical (unpaired) electrons. The number of benzene rings is 1. The van der Waals surface area contributed by atoms with Gasteiger partial charge in [0.2, 0.25) is 0 Å². The fraction of sp³-hybridized carbons (Fsp3) is 0.154. The van der Waals surface area contributed by atoms with Gasteiger partial charge >= 0.3 is 0 Å². The number of nitrogens with zero attached hydrogens (tertiary/aromatic N) is 1. The first kappa shape index (κ1) is 10.5. The van der Waals surface area contributed by atoms with E-state index in [2.05, 4.69) is 34.7 Å². The van der Waals surface area contributed by atoms with Crippen molar-refractivity contribution >= 4 is 23.7 Å². The van der Waals surface area contributed by atoms with Crippen molar-refractivity contribution in [3.05, 3.63) is 42.2 Å². The first-order valence-electron chi connectivity index (χ1n) is 5.50. The number of thiol groups is 1. The molecule has 17 heavy (non-hydrogen) atoms. The van der Waals surface area contributed by atoms with Gasteiger partial charge in [-0.25, -0.2) is 4.98 Å². The Morgan fingerprint density at radius 2 is 2.24 bits per heavy atom. The minimum atomic E-state index is 0.761. The fourth-order valence-electron chi connectivity index (χ4n) is 1.87. The van der Waals surface area contributed by atoms with E-state index in [4.69, 9.17) is 4.42 Å². The van der Waals surface area contributed by atoms with Gasteiger partial charge in [-0.05, 0) is 42.0 Å². The Hall–Kier alpha value is -1.68. The van der Waals surface area contributed by atoms with Crippen LogP contribution in [0.4, 0.5) is 0 Å². The highest BCUT2D eigenvalue weighted by atomic mass is 32.1. The summed E-state index contributed by atoms with van der Waals surface area (Å²) in [5.41, 5.74) is 3.26. The predicted octanol–water partition coefficient (Wildman–Crippen LogP) is 3.30. The largest absolute Gasteiger partial charge is 0.461 e. The molecule has 2 aromatic heterocycles. The molecule has 2 heterocycles. The summed E-state index contributed by atoms with van der Waals surface area (Å²) in [7, 11) is 0. The average Bonchev–Trinajstić information content (AvgIpc) is 2.97. The van der Waals surface area contributed by atoms with E-state index >= 15 is 0 Å². The molecule has 0 aliphatic carbocycles. The molecular formula is C13H12N2OS. The summed E-state index contributed by atoms with van der Waals surface area (Å²) in [6.07, 6.45) is 2.61. The number of hydrogen-bond donors (Lipinski definition) is 2. The van der Waals surface area contributed by atoms with Crippen LogP contribution in [0.2, 0.25) is 0 Å². The van der Waals surface area contributed by atoms with Gasteiger partial charge < -0.3 is 9.40 Å². The van der Waals surface area contributed by atoms with Crippen LogP contribution < -0.4 is 0 Å². The van der Waals surface area contributed by atoms with Crippen molar-refractivity contribution in [1.82, 2.24) is 9.97 Å². The molecule has 0 atom stereocenters. The number of furan rings is 1. The lowest BCUT2D eigenvalue weighted by molar-refractivity contribution is 0.578. The van der Waals surface area contributed by atoms with Crippen molar-refractivity contribution in [2.75, 3.05) is 5.75 Å². The molecule has 0 amide bonds. The van der Waals surface area contributed by atoms with Crippen LogP contribution in [-0.2, 0) is 6.42 Å². The van der Waals surface area contributed by atoms with Crippen LogP contribution in [-0.4, -0.2) is 15.7 Å². The van der Waals surface area contributed by atoms with Crippen molar-refractivity contribution in [2.24, 2.45) is 0 Å². The molecule has 3 rings (SSSR count). The van der Waals surface area contributed by atoms with Crippen LogP contribution in [0.3, 0.4) is 0 Å². The van der Waals surface area contributed by atoms with Gasteiger partial charge in [-0.3, -0.25) is 0 Å². The summed E-state index contributed by atoms with van der Waals surface area (Å²) < 4.78 is 5.32. The van der Waals surface area contributed by atoms with E-state index in [-0.39, 0.29) is 0 Å². The molecule has 4 heteroatoms. The number of aromatic nitrogens is 2. The number of H-pyrrole nitrogens is 1. The number of aromatic amines is 1. The quantitative estimate of drug-likeness (QED) is 0.694. The zero-order valence-electron chi connectivity index (χ0n) is 9.18. The Labute approximate surface area is 104 Å². The highest BCUT2D eigenvalue weighted by Gasteiger charge is 2.07. The normalized spacial score (nSPS) is 11.1. The molecule has 0 spiro atoms. The maximum atomic E-state index is 5.32. The second kappa shape index (κ2) is 4.30. The third kappa shape index (κ3) is 1.96. The molecule has 0 bridgehead atoms. The molecule has 0 unspecified atom stereocenters. The van der Waals surface area contributed by atoms with Crippen LogP contribution in [0.25, 0.3) is 22.6 Å². The summed E-state index contributed by atoms with van der Waals surface area (Å²) in [5, 5.41) is 0. The maximum Gasteiger partial charge on any atom is 0.174 e. The Morgan fingerprint density at radius 3 is 3.00 bits per heavy atom. The minimum Gasteiger partial charge on any atom is -0.461 e. The number of hydrogen-bond acceptors (Lipinski definition) is 3. The maximum absolute atomic E-state index is 5.32. The van der Waals surface area contributed by atoms with Crippen LogP contribution >= 0.6 is 12.6 Å². The molecule has 0 fully saturated rings. The SMILES string of the molecule is SCCc1ccc2nc(-c3ccco3)[nH]c2c1. The van der Waals surface area contributed by atoms with Crippen molar-refractivity contribution < 1.29 is 4.42 Å². The molecule has 86 valence electrons. The van der Waals surface area contributed by atoms with E-state index in [1.807, 2.05) is 18.2 Å². The van der Waals surface area contributed by atoms with Gasteiger partial charge in [0.05, 0.1) is 17.3 Å². The topological polar surface area (TPSA) is 41.8 Å². The highest BCUT2D eigenvalue weighted by molar-refractivity contribution is 7.80. The molecule has 3 nitrogen and oxygen atoms in total. The van der Waals surface area contributed by atoms with Crippen molar-refractivity contribution in [3.63, 3.8) is 0 Å². The Bertz CT molecular complexity index is 628. The number of nitrogens with one attached hydrogen (secondary N) is 1. The van der Waals surface area contributed by atoms with E-state index < -0.39 is 0 Å². The van der Waals surface area contributed by atoms with E-state index in [1.54, 1.807) is 6.26 Å². The second-order valence-electron chi connectivity index (χ2n) is 3.89. The third-order valence-corrected chi connectivity index (χ3v) is 2.92.